The molecular weight excluding hydrogens is 211 g/mol. The van der Waals surface area contributed by atoms with Crippen LogP contribution in [0, 0.1) is 0 Å². The number of hydrogen-bond donors (Lipinski definition) is 0. The molecule has 0 unspecified atom stereocenters. The Morgan fingerprint density at radius 1 is 1.40 bits per heavy atom. The van der Waals surface area contributed by atoms with Gasteiger partial charge in [-0.25, -0.2) is 0 Å². The van der Waals surface area contributed by atoms with Crippen molar-refractivity contribution < 1.29 is 23.0 Å². The van der Waals surface area contributed by atoms with Gasteiger partial charge in [0.1, 0.15) is 5.75 Å². The minimum atomic E-state index is -4.76. The molecule has 15 heavy (non-hydrogen) atoms. The first-order chi connectivity index (χ1) is 6.92. The summed E-state index contributed by atoms with van der Waals surface area (Å²) in [6.45, 7) is 0. The van der Waals surface area contributed by atoms with Crippen LogP contribution in [0.15, 0.2) is 29.3 Å². The van der Waals surface area contributed by atoms with E-state index in [1.807, 2.05) is 0 Å². The molecule has 3 nitrogen and oxygen atoms in total. The summed E-state index contributed by atoms with van der Waals surface area (Å²) in [5.74, 6) is -1.03. The van der Waals surface area contributed by atoms with Crippen molar-refractivity contribution in [2.45, 2.75) is 6.36 Å². The van der Waals surface area contributed by atoms with E-state index in [9.17, 15) is 18.3 Å². The molecule has 0 bridgehead atoms. The number of halogens is 3. The number of aliphatic imine (C=N–C) groups is 1. The lowest BCUT2D eigenvalue weighted by atomic mass is 10.2. The molecule has 0 heterocycles. The molecule has 1 aromatic carbocycles. The fraction of sp³-hybridized carbons (Fsp3) is 0.222. The van der Waals surface area contributed by atoms with Gasteiger partial charge in [0.25, 0.3) is 0 Å². The lowest BCUT2D eigenvalue weighted by molar-refractivity contribution is -0.274. The Kier molecular flexibility index (Phi) is 3.18. The second-order valence-electron chi connectivity index (χ2n) is 2.60. The molecule has 0 spiro atoms. The molecule has 0 fully saturated rings. The minimum absolute atomic E-state index is 0.0549. The zero-order valence-corrected chi connectivity index (χ0v) is 7.71. The van der Waals surface area contributed by atoms with Gasteiger partial charge in [-0.1, -0.05) is 12.1 Å². The van der Waals surface area contributed by atoms with Crippen molar-refractivity contribution in [3.63, 3.8) is 0 Å². The number of rotatable bonds is 2. The van der Waals surface area contributed by atoms with Gasteiger partial charge in [0, 0.05) is 7.05 Å². The lowest BCUT2D eigenvalue weighted by Gasteiger charge is -2.12. The summed E-state index contributed by atoms with van der Waals surface area (Å²) < 4.78 is 39.1. The van der Waals surface area contributed by atoms with Crippen LogP contribution in [0.1, 0.15) is 5.56 Å². The van der Waals surface area contributed by atoms with Crippen LogP contribution < -0.4 is 9.84 Å². The third-order valence-corrected chi connectivity index (χ3v) is 1.52. The van der Waals surface area contributed by atoms with Gasteiger partial charge in [0.15, 0.2) is 0 Å². The van der Waals surface area contributed by atoms with Crippen molar-refractivity contribution in [1.82, 2.24) is 0 Å². The van der Waals surface area contributed by atoms with Crippen molar-refractivity contribution in [1.29, 1.82) is 0 Å². The first-order valence-corrected chi connectivity index (χ1v) is 3.92. The van der Waals surface area contributed by atoms with E-state index in [2.05, 4.69) is 9.73 Å². The molecule has 1 rings (SSSR count). The van der Waals surface area contributed by atoms with Crippen LogP contribution in [0.3, 0.4) is 0 Å². The molecule has 0 aliphatic heterocycles. The Bertz CT molecular complexity index is 374. The zero-order valence-electron chi connectivity index (χ0n) is 7.71. The maximum Gasteiger partial charge on any atom is 0.573 e. The van der Waals surface area contributed by atoms with Gasteiger partial charge in [-0.15, -0.1) is 13.2 Å². The highest BCUT2D eigenvalue weighted by Crippen LogP contribution is 2.23. The van der Waals surface area contributed by atoms with E-state index in [1.54, 1.807) is 0 Å². The Morgan fingerprint density at radius 3 is 2.60 bits per heavy atom. The molecule has 1 aromatic rings. The molecule has 0 atom stereocenters. The molecule has 0 aliphatic rings. The summed E-state index contributed by atoms with van der Waals surface area (Å²) in [6, 6.07) is 4.75. The predicted octanol–water partition coefficient (Wildman–Crippen LogP) is 1.32. The number of nitrogens with zero attached hydrogens (tertiary/aromatic N) is 1. The van der Waals surface area contributed by atoms with Crippen LogP contribution in [0.5, 0.6) is 5.75 Å². The maximum absolute atomic E-state index is 11.8. The molecule has 82 valence electrons. The van der Waals surface area contributed by atoms with E-state index in [1.165, 1.54) is 19.2 Å². The van der Waals surface area contributed by atoms with Crippen LogP contribution in [0.2, 0.25) is 0 Å². The van der Waals surface area contributed by atoms with Crippen LogP contribution in [0.25, 0.3) is 0 Å². The average Bonchev–Trinajstić information content (AvgIpc) is 2.14. The minimum Gasteiger partial charge on any atom is -0.859 e. The van der Waals surface area contributed by atoms with Gasteiger partial charge in [0.2, 0.25) is 0 Å². The number of benzene rings is 1. The largest absolute Gasteiger partial charge is 0.859 e. The third kappa shape index (κ3) is 3.49. The monoisotopic (exact) mass is 218 g/mol. The molecular formula is C9H7F3NO2-. The van der Waals surface area contributed by atoms with Gasteiger partial charge in [-0.05, 0) is 23.6 Å². The fourth-order valence-corrected chi connectivity index (χ4v) is 0.955. The topological polar surface area (TPSA) is 44.7 Å². The van der Waals surface area contributed by atoms with E-state index in [0.29, 0.717) is 0 Å². The summed E-state index contributed by atoms with van der Waals surface area (Å²) in [6.07, 6.45) is -4.76. The van der Waals surface area contributed by atoms with Crippen molar-refractivity contribution in [2.75, 3.05) is 7.05 Å². The standard InChI is InChI=1S/C9H8F3NO2/c1-13-8(14)6-3-2-4-7(5-6)15-9(10,11)12/h2-5H,1H3,(H,13,14)/p-1. The second kappa shape index (κ2) is 4.20. The fourth-order valence-electron chi connectivity index (χ4n) is 0.955. The summed E-state index contributed by atoms with van der Waals surface area (Å²) >= 11 is 0. The lowest BCUT2D eigenvalue weighted by Crippen LogP contribution is -2.20. The highest BCUT2D eigenvalue weighted by atomic mass is 19.4. The Morgan fingerprint density at radius 2 is 2.07 bits per heavy atom. The van der Waals surface area contributed by atoms with Crippen molar-refractivity contribution in [3.8, 4) is 5.75 Å². The number of hydrogen-bond acceptors (Lipinski definition) is 3. The molecule has 0 saturated carbocycles. The third-order valence-electron chi connectivity index (χ3n) is 1.52. The first-order valence-electron chi connectivity index (χ1n) is 3.92. The SMILES string of the molecule is CN=C([O-])c1cccc(OC(F)(F)F)c1. The molecule has 0 aliphatic carbocycles. The summed E-state index contributed by atoms with van der Waals surface area (Å²) in [5.41, 5.74) is 0.0549. The van der Waals surface area contributed by atoms with E-state index in [4.69, 9.17) is 0 Å². The second-order valence-corrected chi connectivity index (χ2v) is 2.60. The van der Waals surface area contributed by atoms with E-state index in [0.717, 1.165) is 12.1 Å². The average molecular weight is 218 g/mol. The first kappa shape index (κ1) is 11.4. The molecule has 0 amide bonds. The predicted molar refractivity (Wildman–Crippen MR) is 45.6 cm³/mol. The van der Waals surface area contributed by atoms with Gasteiger partial charge in [0.05, 0.1) is 0 Å². The quantitative estimate of drug-likeness (QED) is 0.555. The van der Waals surface area contributed by atoms with Gasteiger partial charge in [-0.2, -0.15) is 0 Å². The van der Waals surface area contributed by atoms with Crippen LogP contribution in [-0.4, -0.2) is 19.3 Å². The van der Waals surface area contributed by atoms with E-state index >= 15 is 0 Å². The highest BCUT2D eigenvalue weighted by Gasteiger charge is 2.31. The van der Waals surface area contributed by atoms with Crippen molar-refractivity contribution in [2.24, 2.45) is 4.99 Å². The number of ether oxygens (including phenoxy) is 1. The molecule has 0 N–H and O–H groups in total. The Labute approximate surface area is 83.8 Å². The normalized spacial score (nSPS) is 12.7. The smallest absolute Gasteiger partial charge is 0.573 e. The van der Waals surface area contributed by atoms with Crippen LogP contribution in [-0.2, 0) is 0 Å². The van der Waals surface area contributed by atoms with Crippen molar-refractivity contribution >= 4 is 5.90 Å². The highest BCUT2D eigenvalue weighted by molar-refractivity contribution is 5.90. The Hall–Kier alpha value is -1.72. The molecule has 6 heteroatoms. The summed E-state index contributed by atoms with van der Waals surface area (Å²) in [7, 11) is 1.26. The van der Waals surface area contributed by atoms with Gasteiger partial charge >= 0.3 is 6.36 Å². The zero-order chi connectivity index (χ0) is 11.5. The Balaban J connectivity index is 2.93. The molecule has 0 saturated heterocycles. The van der Waals surface area contributed by atoms with E-state index < -0.39 is 18.0 Å². The summed E-state index contributed by atoms with van der Waals surface area (Å²) in [4.78, 5) is 3.32. The number of alkyl halides is 3. The van der Waals surface area contributed by atoms with E-state index in [-0.39, 0.29) is 5.56 Å². The van der Waals surface area contributed by atoms with Crippen LogP contribution >= 0.6 is 0 Å². The van der Waals surface area contributed by atoms with Gasteiger partial charge < -0.3 is 14.8 Å². The molecule has 0 aromatic heterocycles. The summed E-state index contributed by atoms with van der Waals surface area (Å²) in [5, 5.41) is 11.0. The maximum atomic E-state index is 11.8. The van der Waals surface area contributed by atoms with Crippen molar-refractivity contribution in [3.05, 3.63) is 29.8 Å². The van der Waals surface area contributed by atoms with Gasteiger partial charge in [-0.3, -0.25) is 0 Å². The molecule has 0 radical (unpaired) electrons. The van der Waals surface area contributed by atoms with Crippen LogP contribution in [0.4, 0.5) is 13.2 Å².